The van der Waals surface area contributed by atoms with Gasteiger partial charge in [0.25, 0.3) is 0 Å². The van der Waals surface area contributed by atoms with Crippen LogP contribution in [0.3, 0.4) is 0 Å². The molecular formula is C59H75N11O9S. The van der Waals surface area contributed by atoms with Gasteiger partial charge in [-0.1, -0.05) is 78.0 Å². The van der Waals surface area contributed by atoms with Crippen molar-refractivity contribution in [2.45, 2.75) is 63.7 Å². The van der Waals surface area contributed by atoms with E-state index in [-0.39, 0.29) is 30.2 Å². The molecule has 0 spiro atoms. The van der Waals surface area contributed by atoms with Crippen LogP contribution in [0.25, 0.3) is 0 Å². The molecular weight excluding hydrogens is 1040 g/mol. The predicted molar refractivity (Wildman–Crippen MR) is 306 cm³/mol. The van der Waals surface area contributed by atoms with Crippen molar-refractivity contribution in [3.05, 3.63) is 149 Å². The van der Waals surface area contributed by atoms with Crippen molar-refractivity contribution >= 4 is 45.9 Å². The number of thiazole rings is 1. The first-order valence-electron chi connectivity index (χ1n) is 27.5. The molecule has 2 aliphatic rings. The Bertz CT molecular complexity index is 2810. The van der Waals surface area contributed by atoms with Crippen LogP contribution in [-0.2, 0) is 60.9 Å². The fourth-order valence-corrected chi connectivity index (χ4v) is 9.56. The summed E-state index contributed by atoms with van der Waals surface area (Å²) < 4.78 is 31.0. The number of ether oxygens (including phenoxy) is 5. The van der Waals surface area contributed by atoms with Gasteiger partial charge in [0, 0.05) is 82.0 Å². The standard InChI is InChI=1S/C59H75N11O9S/c1-66-26-28-68(29-27-66)55(72)41-50-44-80-59(62-50)63-58(74)61-48-16-22-53(23-17-48)79-40-39-77-35-32-69-43-49(64-65-69)25-33-75-37-38-76-34-30-67(2)31-36-78-52-20-14-47(15-21-52)56(57(73)60-42-46-11-7-4-8-12-46)70(51-18-19-51)54(71)24-13-45-9-5-3-6-10-45/h3-12,14-17,20-23,43-44,51,56H,13,18-19,24-42H2,1-2H3,(H,60,73)(H2,61,62,63,74). The van der Waals surface area contributed by atoms with Gasteiger partial charge in [0.1, 0.15) is 30.8 Å². The Morgan fingerprint density at radius 1 is 0.700 bits per heavy atom. The first kappa shape index (κ1) is 58.9. The first-order chi connectivity index (χ1) is 39.1. The van der Waals surface area contributed by atoms with Gasteiger partial charge in [0.15, 0.2) is 5.13 Å². The van der Waals surface area contributed by atoms with Gasteiger partial charge in [-0.2, -0.15) is 0 Å². The van der Waals surface area contributed by atoms with E-state index < -0.39 is 12.1 Å². The topological polar surface area (TPSA) is 207 Å². The lowest BCUT2D eigenvalue weighted by Gasteiger charge is -2.32. The molecule has 2 fully saturated rings. The van der Waals surface area contributed by atoms with Gasteiger partial charge < -0.3 is 53.9 Å². The van der Waals surface area contributed by atoms with Gasteiger partial charge in [-0.05, 0) is 86.4 Å². The van der Waals surface area contributed by atoms with Crippen molar-refractivity contribution in [3.8, 4) is 11.5 Å². The van der Waals surface area contributed by atoms with Gasteiger partial charge in [-0.15, -0.1) is 16.4 Å². The number of urea groups is 1. The van der Waals surface area contributed by atoms with E-state index in [1.165, 1.54) is 11.3 Å². The van der Waals surface area contributed by atoms with Crippen LogP contribution in [-0.4, -0.2) is 176 Å². The number of carbonyl (C=O) groups is 4. The van der Waals surface area contributed by atoms with Crippen LogP contribution in [0.2, 0.25) is 0 Å². The number of likely N-dealkylation sites (N-methyl/N-ethyl adjacent to an activating group) is 2. The van der Waals surface area contributed by atoms with Gasteiger partial charge in [-0.25, -0.2) is 14.5 Å². The molecule has 80 heavy (non-hydrogen) atoms. The van der Waals surface area contributed by atoms with E-state index in [1.807, 2.05) is 115 Å². The Morgan fingerprint density at radius 3 is 2.08 bits per heavy atom. The van der Waals surface area contributed by atoms with Crippen LogP contribution in [0, 0.1) is 0 Å². The number of rotatable bonds is 33. The Kier molecular flexibility index (Phi) is 23.2. The molecule has 8 rings (SSSR count). The summed E-state index contributed by atoms with van der Waals surface area (Å²) in [6.07, 6.45) is 5.44. The fraction of sp³-hybridized carbons (Fsp3) is 0.441. The summed E-state index contributed by atoms with van der Waals surface area (Å²) in [4.78, 5) is 65.6. The average Bonchev–Trinajstić information content (AvgIpc) is 4.05. The first-order valence-corrected chi connectivity index (χ1v) is 28.4. The van der Waals surface area contributed by atoms with Crippen LogP contribution < -0.4 is 25.4 Å². The zero-order chi connectivity index (χ0) is 55.7. The molecule has 6 aromatic rings. The minimum atomic E-state index is -0.751. The molecule has 4 aromatic carbocycles. The minimum Gasteiger partial charge on any atom is -0.492 e. The van der Waals surface area contributed by atoms with Gasteiger partial charge >= 0.3 is 6.03 Å². The summed E-state index contributed by atoms with van der Waals surface area (Å²) in [7, 11) is 4.07. The monoisotopic (exact) mass is 1110 g/mol. The second kappa shape index (κ2) is 31.5. The Hall–Kier alpha value is -7.27. The maximum Gasteiger partial charge on any atom is 0.325 e. The zero-order valence-electron chi connectivity index (χ0n) is 45.9. The van der Waals surface area contributed by atoms with E-state index in [2.05, 4.69) is 41.0 Å². The molecule has 3 N–H and O–H groups in total. The maximum atomic E-state index is 14.0. The molecule has 2 aromatic heterocycles. The summed E-state index contributed by atoms with van der Waals surface area (Å²) in [6.45, 7) is 9.16. The van der Waals surface area contributed by atoms with Crippen LogP contribution in [0.15, 0.2) is 121 Å². The molecule has 1 aliphatic carbocycles. The molecule has 3 heterocycles. The predicted octanol–water partition coefficient (Wildman–Crippen LogP) is 6.36. The van der Waals surface area contributed by atoms with E-state index in [9.17, 15) is 19.2 Å². The number of aromatic nitrogens is 4. The molecule has 0 bridgehead atoms. The smallest absolute Gasteiger partial charge is 0.325 e. The fourth-order valence-electron chi connectivity index (χ4n) is 8.86. The Labute approximate surface area is 472 Å². The lowest BCUT2D eigenvalue weighted by Crippen LogP contribution is -2.47. The number of benzene rings is 4. The number of nitrogens with zero attached hydrogens (tertiary/aromatic N) is 8. The summed E-state index contributed by atoms with van der Waals surface area (Å²) >= 11 is 1.28. The van der Waals surface area contributed by atoms with Crippen molar-refractivity contribution in [1.29, 1.82) is 0 Å². The number of carbonyl (C=O) groups excluding carboxylic acids is 4. The number of aryl methyl sites for hydroxylation is 1. The number of anilines is 2. The largest absolute Gasteiger partial charge is 0.492 e. The molecule has 426 valence electrons. The van der Waals surface area contributed by atoms with E-state index in [0.29, 0.717) is 133 Å². The van der Waals surface area contributed by atoms with Crippen molar-refractivity contribution in [2.75, 3.05) is 117 Å². The SMILES string of the molecule is CN(CCOCCOCCc1cn(CCOCCOc2ccc(NC(=O)Nc3nc(CC(=O)N4CCN(C)CC4)cs3)cc2)nn1)CCOc1ccc(C(C(=O)NCc2ccccc2)N(C(=O)CCc2ccccc2)C2CC2)cc1. The van der Waals surface area contributed by atoms with E-state index in [4.69, 9.17) is 23.7 Å². The molecule has 1 unspecified atom stereocenters. The summed E-state index contributed by atoms with van der Waals surface area (Å²) in [5.74, 6) is 1.17. The number of hydrogen-bond donors (Lipinski definition) is 3. The summed E-state index contributed by atoms with van der Waals surface area (Å²) in [5, 5.41) is 19.3. The molecule has 21 heteroatoms. The zero-order valence-corrected chi connectivity index (χ0v) is 46.7. The molecule has 1 atom stereocenters. The van der Waals surface area contributed by atoms with Crippen LogP contribution in [0.1, 0.15) is 53.4 Å². The normalized spacial score (nSPS) is 13.9. The number of hydrogen-bond acceptors (Lipinski definition) is 15. The molecule has 1 saturated carbocycles. The van der Waals surface area contributed by atoms with Crippen LogP contribution in [0.4, 0.5) is 15.6 Å². The molecule has 20 nitrogen and oxygen atoms in total. The molecule has 0 radical (unpaired) electrons. The van der Waals surface area contributed by atoms with E-state index >= 15 is 0 Å². The maximum absolute atomic E-state index is 14.0. The highest BCUT2D eigenvalue weighted by atomic mass is 32.1. The average molecular weight is 1110 g/mol. The Morgan fingerprint density at radius 2 is 1.35 bits per heavy atom. The van der Waals surface area contributed by atoms with Gasteiger partial charge in [0.05, 0.1) is 64.0 Å². The van der Waals surface area contributed by atoms with Crippen molar-refractivity contribution < 1.29 is 42.9 Å². The lowest BCUT2D eigenvalue weighted by atomic mass is 10.0. The third kappa shape index (κ3) is 19.8. The van der Waals surface area contributed by atoms with Crippen molar-refractivity contribution in [2.24, 2.45) is 0 Å². The third-order valence-corrected chi connectivity index (χ3v) is 14.4. The number of nitrogens with one attached hydrogen (secondary N) is 3. The van der Waals surface area contributed by atoms with Crippen LogP contribution >= 0.6 is 11.3 Å². The minimum absolute atomic E-state index is 0.0205. The second-order valence-corrected chi connectivity index (χ2v) is 20.7. The van der Waals surface area contributed by atoms with Crippen molar-refractivity contribution in [1.82, 2.24) is 44.9 Å². The highest BCUT2D eigenvalue weighted by molar-refractivity contribution is 7.14. The van der Waals surface area contributed by atoms with E-state index in [0.717, 1.165) is 54.9 Å². The third-order valence-electron chi connectivity index (χ3n) is 13.6. The molecule has 5 amide bonds. The van der Waals surface area contributed by atoms with E-state index in [1.54, 1.807) is 34.3 Å². The van der Waals surface area contributed by atoms with Gasteiger partial charge in [-0.3, -0.25) is 19.7 Å². The molecule has 1 saturated heterocycles. The van der Waals surface area contributed by atoms with Crippen molar-refractivity contribution in [3.63, 3.8) is 0 Å². The number of piperazine rings is 1. The molecule has 1 aliphatic heterocycles. The highest BCUT2D eigenvalue weighted by Crippen LogP contribution is 2.36. The second-order valence-electron chi connectivity index (χ2n) is 19.9. The summed E-state index contributed by atoms with van der Waals surface area (Å²) in [6, 6.07) is 33.2. The van der Waals surface area contributed by atoms with Crippen LogP contribution in [0.5, 0.6) is 11.5 Å². The quantitative estimate of drug-likeness (QED) is 0.0384. The summed E-state index contributed by atoms with van der Waals surface area (Å²) in [5.41, 5.74) is 4.91. The van der Waals surface area contributed by atoms with Gasteiger partial charge in [0.2, 0.25) is 17.7 Å². The number of amides is 5. The Balaban J connectivity index is 0.635. The lowest BCUT2D eigenvalue weighted by molar-refractivity contribution is -0.141. The highest BCUT2D eigenvalue weighted by Gasteiger charge is 2.41.